The first kappa shape index (κ1) is 30.9. The standard InChI is InChI=1S/C15H11N2.3C7H7.Ti/c1-2-7-14(8-3-1)17-11-13-6-4-5-12-9-10-16-15(12)13;3*1-7-5-3-2-4-6-7;/h1-11H;3*2-6H,1H2;/q4*-1;+4. The van der Waals surface area contributed by atoms with Crippen molar-refractivity contribution in [2.24, 2.45) is 4.99 Å². The molecule has 0 N–H and O–H groups in total. The largest absolute Gasteiger partial charge is 4.00 e. The number of aliphatic imine (C=N–C) groups is 1. The Morgan fingerprint density at radius 1 is 0.487 bits per heavy atom. The number of nitrogens with zero attached hydrogens (tertiary/aromatic N) is 2. The smallest absolute Gasteiger partial charge is 0.663 e. The molecule has 0 aliphatic rings. The maximum absolute atomic E-state index is 4.44. The number of rotatable bonds is 2. The van der Waals surface area contributed by atoms with Crippen LogP contribution in [0.2, 0.25) is 0 Å². The van der Waals surface area contributed by atoms with Gasteiger partial charge in [-0.2, -0.15) is 80.1 Å². The molecule has 1 heterocycles. The Bertz CT molecular complexity index is 1370. The van der Waals surface area contributed by atoms with E-state index in [1.54, 1.807) is 0 Å². The predicted octanol–water partition coefficient (Wildman–Crippen LogP) is 9.15. The topological polar surface area (TPSA) is 26.5 Å². The Kier molecular flexibility index (Phi) is 14.2. The summed E-state index contributed by atoms with van der Waals surface area (Å²) >= 11 is 0. The van der Waals surface area contributed by atoms with Gasteiger partial charge in [0.2, 0.25) is 0 Å². The summed E-state index contributed by atoms with van der Waals surface area (Å²) in [5.74, 6) is 0. The average Bonchev–Trinajstić information content (AvgIpc) is 3.45. The summed E-state index contributed by atoms with van der Waals surface area (Å²) in [7, 11) is 0. The van der Waals surface area contributed by atoms with E-state index in [0.29, 0.717) is 0 Å². The summed E-state index contributed by atoms with van der Waals surface area (Å²) < 4.78 is 0. The molecule has 0 saturated carbocycles. The van der Waals surface area contributed by atoms with Crippen LogP contribution in [-0.2, 0) is 21.7 Å². The van der Waals surface area contributed by atoms with E-state index in [1.165, 1.54) is 0 Å². The van der Waals surface area contributed by atoms with Crippen molar-refractivity contribution in [3.63, 3.8) is 0 Å². The SMILES string of the molecule is C(=Nc1ccccc1)c1cccc2cc[n-]c12.[CH2-]c1ccccc1.[CH2-]c1ccccc1.[CH2-]c1ccccc1.[Ti+4]. The van der Waals surface area contributed by atoms with E-state index in [4.69, 9.17) is 0 Å². The van der Waals surface area contributed by atoms with Gasteiger partial charge in [-0.25, -0.2) is 0 Å². The third kappa shape index (κ3) is 12.1. The minimum atomic E-state index is 0. The maximum atomic E-state index is 4.44. The summed E-state index contributed by atoms with van der Waals surface area (Å²) in [6.45, 7) is 11.2. The Labute approximate surface area is 248 Å². The molecule has 0 amide bonds. The fraction of sp³-hybridized carbons (Fsp3) is 0. The molecule has 3 heteroatoms. The Hall–Kier alpha value is -4.37. The van der Waals surface area contributed by atoms with E-state index in [2.05, 4.69) is 36.8 Å². The van der Waals surface area contributed by atoms with E-state index in [-0.39, 0.29) is 21.7 Å². The Balaban J connectivity index is 0.000000203. The van der Waals surface area contributed by atoms with Crippen molar-refractivity contribution < 1.29 is 21.7 Å². The van der Waals surface area contributed by atoms with Crippen LogP contribution in [0.15, 0.2) is 157 Å². The second-order valence-electron chi connectivity index (χ2n) is 8.28. The quantitative estimate of drug-likeness (QED) is 0.122. The zero-order chi connectivity index (χ0) is 26.8. The van der Waals surface area contributed by atoms with Crippen molar-refractivity contribution in [3.05, 3.63) is 195 Å². The predicted molar refractivity (Wildman–Crippen MR) is 164 cm³/mol. The molecule has 6 aromatic rings. The van der Waals surface area contributed by atoms with Crippen LogP contribution in [0.3, 0.4) is 0 Å². The van der Waals surface area contributed by atoms with Crippen LogP contribution in [0.4, 0.5) is 5.69 Å². The van der Waals surface area contributed by atoms with Gasteiger partial charge < -0.3 is 4.98 Å². The van der Waals surface area contributed by atoms with Crippen molar-refractivity contribution in [1.29, 1.82) is 0 Å². The van der Waals surface area contributed by atoms with Gasteiger partial charge in [-0.15, -0.1) is 41.9 Å². The molecule has 0 unspecified atom stereocenters. The van der Waals surface area contributed by atoms with Crippen LogP contribution >= 0.6 is 0 Å². The van der Waals surface area contributed by atoms with Crippen LogP contribution in [-0.4, -0.2) is 6.21 Å². The van der Waals surface area contributed by atoms with E-state index < -0.39 is 0 Å². The van der Waals surface area contributed by atoms with E-state index in [0.717, 1.165) is 38.8 Å². The third-order valence-corrected chi connectivity index (χ3v) is 5.19. The molecule has 0 spiro atoms. The van der Waals surface area contributed by atoms with Crippen LogP contribution in [0.1, 0.15) is 22.3 Å². The van der Waals surface area contributed by atoms with Crippen molar-refractivity contribution in [2.45, 2.75) is 0 Å². The first-order valence-corrected chi connectivity index (χ1v) is 12.3. The van der Waals surface area contributed by atoms with Crippen LogP contribution in [0, 0.1) is 20.8 Å². The number of para-hydroxylation sites is 2. The van der Waals surface area contributed by atoms with Crippen molar-refractivity contribution in [2.75, 3.05) is 0 Å². The van der Waals surface area contributed by atoms with Crippen molar-refractivity contribution in [3.8, 4) is 0 Å². The summed E-state index contributed by atoms with van der Waals surface area (Å²) in [6.07, 6.45) is 3.69. The van der Waals surface area contributed by atoms with Crippen LogP contribution in [0.5, 0.6) is 0 Å². The molecule has 0 bridgehead atoms. The molecule has 5 aromatic carbocycles. The van der Waals surface area contributed by atoms with Crippen LogP contribution < -0.4 is 4.98 Å². The Morgan fingerprint density at radius 2 is 0.923 bits per heavy atom. The summed E-state index contributed by atoms with van der Waals surface area (Å²) in [5.41, 5.74) is 6.23. The maximum Gasteiger partial charge on any atom is 4.00 e. The molecule has 0 radical (unpaired) electrons. The number of benzene rings is 5. The number of hydrogen-bond acceptors (Lipinski definition) is 1. The first-order valence-electron chi connectivity index (χ1n) is 12.3. The second kappa shape index (κ2) is 18.0. The van der Waals surface area contributed by atoms with Gasteiger partial charge in [0.1, 0.15) is 0 Å². The van der Waals surface area contributed by atoms with Crippen molar-refractivity contribution >= 4 is 22.8 Å². The van der Waals surface area contributed by atoms with Crippen molar-refractivity contribution in [1.82, 2.24) is 4.98 Å². The average molecular weight is 541 g/mol. The normalized spacial score (nSPS) is 9.54. The van der Waals surface area contributed by atoms with Gasteiger partial charge in [0.15, 0.2) is 0 Å². The third-order valence-electron chi connectivity index (χ3n) is 5.19. The number of hydrogen-bond donors (Lipinski definition) is 0. The van der Waals surface area contributed by atoms with Gasteiger partial charge in [-0.05, 0) is 23.1 Å². The zero-order valence-corrected chi connectivity index (χ0v) is 23.6. The molecule has 190 valence electrons. The molecule has 0 aliphatic carbocycles. The molecule has 39 heavy (non-hydrogen) atoms. The molecule has 1 aromatic heterocycles. The fourth-order valence-corrected chi connectivity index (χ4v) is 3.25. The molecule has 2 nitrogen and oxygen atoms in total. The second-order valence-corrected chi connectivity index (χ2v) is 8.28. The minimum Gasteiger partial charge on any atom is -0.663 e. The monoisotopic (exact) mass is 540 g/mol. The van der Waals surface area contributed by atoms with Crippen LogP contribution in [0.25, 0.3) is 10.9 Å². The molecular formula is C36H32N2Ti. The summed E-state index contributed by atoms with van der Waals surface area (Å²) in [4.78, 5) is 8.78. The van der Waals surface area contributed by atoms with Gasteiger partial charge in [-0.1, -0.05) is 60.7 Å². The van der Waals surface area contributed by atoms with E-state index in [1.807, 2.05) is 152 Å². The van der Waals surface area contributed by atoms with Gasteiger partial charge in [0, 0.05) is 6.21 Å². The van der Waals surface area contributed by atoms with Gasteiger partial charge in [0.25, 0.3) is 0 Å². The summed E-state index contributed by atoms with van der Waals surface area (Å²) in [5, 5.41) is 1.15. The van der Waals surface area contributed by atoms with Gasteiger partial charge in [0.05, 0.1) is 5.69 Å². The van der Waals surface area contributed by atoms with Gasteiger partial charge in [-0.3, -0.25) is 4.99 Å². The molecule has 0 fully saturated rings. The molecular weight excluding hydrogens is 508 g/mol. The minimum absolute atomic E-state index is 0. The van der Waals surface area contributed by atoms with E-state index in [9.17, 15) is 0 Å². The number of aromatic nitrogens is 1. The molecule has 0 atom stereocenters. The first-order chi connectivity index (χ1) is 18.6. The summed E-state index contributed by atoms with van der Waals surface area (Å²) in [6, 6.07) is 47.7. The Morgan fingerprint density at radius 3 is 1.33 bits per heavy atom. The fourth-order valence-electron chi connectivity index (χ4n) is 3.25. The van der Waals surface area contributed by atoms with E-state index >= 15 is 0 Å². The molecule has 0 aliphatic heterocycles. The number of fused-ring (bicyclic) bond motifs is 1. The van der Waals surface area contributed by atoms with Gasteiger partial charge >= 0.3 is 21.7 Å². The zero-order valence-electron chi connectivity index (χ0n) is 22.0. The molecule has 6 rings (SSSR count). The molecule has 0 saturated heterocycles.